The van der Waals surface area contributed by atoms with Crippen LogP contribution in [0.5, 0.6) is 0 Å². The van der Waals surface area contributed by atoms with E-state index in [9.17, 15) is 4.79 Å². The van der Waals surface area contributed by atoms with E-state index in [1.54, 1.807) is 4.63 Å². The molecule has 3 aromatic rings. The van der Waals surface area contributed by atoms with Gasteiger partial charge in [0.1, 0.15) is 5.02 Å². The molecule has 2 heterocycles. The Hall–Kier alpha value is -2.34. The molecule has 1 amide bonds. The third kappa shape index (κ3) is 7.60. The van der Waals surface area contributed by atoms with Crippen molar-refractivity contribution in [3.63, 3.8) is 0 Å². The molecule has 0 bridgehead atoms. The molecule has 0 aliphatic rings. The Morgan fingerprint density at radius 3 is 2.27 bits per heavy atom. The Kier molecular flexibility index (Phi) is 10.3. The van der Waals surface area contributed by atoms with Gasteiger partial charge in [-0.3, -0.25) is 9.89 Å². The van der Waals surface area contributed by atoms with Crippen molar-refractivity contribution in [1.82, 2.24) is 25.1 Å². The summed E-state index contributed by atoms with van der Waals surface area (Å²) in [6.45, 7) is 4.85. The number of fused-ring (bicyclic) bond motifs is 1. The number of nitrogens with one attached hydrogen (secondary N) is 2. The van der Waals surface area contributed by atoms with Gasteiger partial charge in [-0.25, -0.2) is 4.98 Å². The van der Waals surface area contributed by atoms with Gasteiger partial charge in [0.05, 0.1) is 5.69 Å². The van der Waals surface area contributed by atoms with Gasteiger partial charge in [-0.05, 0) is 25.5 Å². The molecule has 6 nitrogen and oxygen atoms in total. The number of carbonyl (C=O) groups is 1. The molecule has 0 atom stereocenters. The fourth-order valence-corrected chi connectivity index (χ4v) is 4.26. The molecule has 2 N–H and O–H groups in total. The zero-order valence-electron chi connectivity index (χ0n) is 20.1. The van der Waals surface area contributed by atoms with E-state index in [-0.39, 0.29) is 5.91 Å². The Balaban J connectivity index is 1.32. The van der Waals surface area contributed by atoms with E-state index in [1.165, 1.54) is 70.6 Å². The highest BCUT2D eigenvalue weighted by Gasteiger charge is 2.14. The smallest absolute Gasteiger partial charge is 0.251 e. The van der Waals surface area contributed by atoms with E-state index in [1.807, 2.05) is 31.2 Å². The lowest BCUT2D eigenvalue weighted by Gasteiger charge is -2.06. The molecule has 3 rings (SSSR count). The zero-order chi connectivity index (χ0) is 23.5. The topological polar surface area (TPSA) is 75.1 Å². The number of H-pyrrole nitrogens is 1. The first kappa shape index (κ1) is 25.3. The molecule has 33 heavy (non-hydrogen) atoms. The minimum Gasteiger partial charge on any atom is -0.352 e. The number of benzene rings is 1. The molecule has 0 unspecified atom stereocenters. The van der Waals surface area contributed by atoms with Gasteiger partial charge >= 0.3 is 0 Å². The molecule has 0 aliphatic carbocycles. The van der Waals surface area contributed by atoms with E-state index < -0.39 is 0 Å². The molecular weight excluding hydrogens is 434 g/mol. The highest BCUT2D eigenvalue weighted by Crippen LogP contribution is 2.23. The van der Waals surface area contributed by atoms with Crippen molar-refractivity contribution in [2.24, 2.45) is 0 Å². The second kappa shape index (κ2) is 13.4. The molecule has 0 saturated carbocycles. The van der Waals surface area contributed by atoms with Crippen LogP contribution in [0.4, 0.5) is 0 Å². The average molecular weight is 472 g/mol. The van der Waals surface area contributed by atoms with Crippen molar-refractivity contribution >= 4 is 23.2 Å². The van der Waals surface area contributed by atoms with Crippen molar-refractivity contribution in [2.45, 2.75) is 90.9 Å². The lowest BCUT2D eigenvalue weighted by atomic mass is 10.1. The first-order chi connectivity index (χ1) is 16.1. The van der Waals surface area contributed by atoms with Crippen LogP contribution in [0.2, 0.25) is 5.02 Å². The van der Waals surface area contributed by atoms with Crippen LogP contribution in [0.1, 0.15) is 100 Å². The van der Waals surface area contributed by atoms with Crippen molar-refractivity contribution in [2.75, 3.05) is 6.54 Å². The van der Waals surface area contributed by atoms with Crippen LogP contribution < -0.4 is 5.32 Å². The summed E-state index contributed by atoms with van der Waals surface area (Å²) in [5.41, 5.74) is 2.82. The summed E-state index contributed by atoms with van der Waals surface area (Å²) in [5.74, 6) is 0.484. The Labute approximate surface area is 202 Å². The first-order valence-corrected chi connectivity index (χ1v) is 13.0. The van der Waals surface area contributed by atoms with Gasteiger partial charge in [0.15, 0.2) is 11.5 Å². The maximum atomic E-state index is 12.6. The number of carbonyl (C=O) groups excluding carboxylic acids is 1. The molecule has 0 fully saturated rings. The molecular formula is C26H38ClN5O. The fraction of sp³-hybridized carbons (Fsp3) is 0.577. The molecule has 0 spiro atoms. The zero-order valence-corrected chi connectivity index (χ0v) is 20.9. The van der Waals surface area contributed by atoms with E-state index >= 15 is 0 Å². The van der Waals surface area contributed by atoms with E-state index in [0.717, 1.165) is 17.7 Å². The van der Waals surface area contributed by atoms with E-state index in [0.29, 0.717) is 28.6 Å². The summed E-state index contributed by atoms with van der Waals surface area (Å²) in [6, 6.07) is 7.40. The van der Waals surface area contributed by atoms with Gasteiger partial charge < -0.3 is 5.32 Å². The van der Waals surface area contributed by atoms with Gasteiger partial charge in [-0.2, -0.15) is 4.63 Å². The number of unbranched alkanes of at least 4 members (excludes halogenated alkanes) is 11. The summed E-state index contributed by atoms with van der Waals surface area (Å²) >= 11 is 6.25. The predicted octanol–water partition coefficient (Wildman–Crippen LogP) is 7.12. The molecule has 7 heteroatoms. The number of aromatic nitrogens is 4. The Bertz CT molecular complexity index is 1010. The predicted molar refractivity (Wildman–Crippen MR) is 136 cm³/mol. The number of aromatic amines is 1. The minimum atomic E-state index is -0.0569. The third-order valence-electron chi connectivity index (χ3n) is 6.11. The van der Waals surface area contributed by atoms with Crippen LogP contribution in [-0.2, 0) is 0 Å². The van der Waals surface area contributed by atoms with Crippen molar-refractivity contribution < 1.29 is 4.79 Å². The number of halogens is 1. The number of nitrogens with zero attached hydrogens (tertiary/aromatic N) is 3. The van der Waals surface area contributed by atoms with Crippen LogP contribution in [0.25, 0.3) is 17.0 Å². The van der Waals surface area contributed by atoms with Gasteiger partial charge in [-0.1, -0.05) is 101 Å². The van der Waals surface area contributed by atoms with Crippen LogP contribution in [-0.4, -0.2) is 32.3 Å². The number of hydrogen-bond donors (Lipinski definition) is 2. The summed E-state index contributed by atoms with van der Waals surface area (Å²) < 4.78 is 1.56. The monoisotopic (exact) mass is 471 g/mol. The van der Waals surface area contributed by atoms with Gasteiger partial charge in [0.2, 0.25) is 0 Å². The summed E-state index contributed by atoms with van der Waals surface area (Å²) in [7, 11) is 0. The molecule has 0 saturated heterocycles. The largest absolute Gasteiger partial charge is 0.352 e. The minimum absolute atomic E-state index is 0.0569. The van der Waals surface area contributed by atoms with Crippen molar-refractivity contribution in [3.05, 3.63) is 40.5 Å². The maximum absolute atomic E-state index is 12.6. The van der Waals surface area contributed by atoms with Crippen LogP contribution in [0, 0.1) is 6.92 Å². The quantitative estimate of drug-likeness (QED) is 0.232. The van der Waals surface area contributed by atoms with E-state index in [2.05, 4.69) is 27.4 Å². The van der Waals surface area contributed by atoms with Crippen LogP contribution >= 0.6 is 11.6 Å². The highest BCUT2D eigenvalue weighted by atomic mass is 35.5. The second-order valence-corrected chi connectivity index (χ2v) is 9.33. The molecule has 0 radical (unpaired) electrons. The molecule has 2 aromatic heterocycles. The lowest BCUT2D eigenvalue weighted by molar-refractivity contribution is 0.0953. The summed E-state index contributed by atoms with van der Waals surface area (Å²) in [4.78, 5) is 17.1. The average Bonchev–Trinajstić information content (AvgIpc) is 3.35. The van der Waals surface area contributed by atoms with Crippen molar-refractivity contribution in [3.8, 4) is 11.4 Å². The Morgan fingerprint density at radius 2 is 1.64 bits per heavy atom. The van der Waals surface area contributed by atoms with Crippen LogP contribution in [0.3, 0.4) is 0 Å². The summed E-state index contributed by atoms with van der Waals surface area (Å²) in [6.07, 6.45) is 15.7. The van der Waals surface area contributed by atoms with Crippen LogP contribution in [0.15, 0.2) is 24.3 Å². The van der Waals surface area contributed by atoms with Gasteiger partial charge in [0, 0.05) is 17.7 Å². The number of hydrogen-bond acceptors (Lipinski definition) is 3. The third-order valence-corrected chi connectivity index (χ3v) is 6.56. The molecule has 1 aromatic carbocycles. The van der Waals surface area contributed by atoms with Gasteiger partial charge in [0.25, 0.3) is 5.91 Å². The normalized spacial score (nSPS) is 11.4. The second-order valence-electron chi connectivity index (χ2n) is 8.95. The highest BCUT2D eigenvalue weighted by molar-refractivity contribution is 6.34. The number of amides is 1. The Morgan fingerprint density at radius 1 is 1.00 bits per heavy atom. The molecule has 0 aliphatic heterocycles. The number of aryl methyl sites for hydroxylation is 1. The maximum Gasteiger partial charge on any atom is 0.251 e. The summed E-state index contributed by atoms with van der Waals surface area (Å²) in [5, 5.41) is 11.1. The fourth-order valence-electron chi connectivity index (χ4n) is 4.10. The standard InChI is InChI=1S/C26H38ClN5O/c1-3-4-5-6-7-8-9-10-11-12-13-14-18-28-26(33)22-17-15-16-21(19-22)24-29-25-23(27)20(2)30-32(25)31-24/h15-17,19,30H,3-14,18H2,1-2H3,(H,28,33). The molecule has 180 valence electrons. The van der Waals surface area contributed by atoms with Gasteiger partial charge in [-0.15, -0.1) is 5.10 Å². The van der Waals surface area contributed by atoms with E-state index in [4.69, 9.17) is 11.6 Å². The number of rotatable bonds is 15. The lowest BCUT2D eigenvalue weighted by Crippen LogP contribution is -2.24. The van der Waals surface area contributed by atoms with Crippen molar-refractivity contribution in [1.29, 1.82) is 0 Å². The first-order valence-electron chi connectivity index (χ1n) is 12.6. The SMILES string of the molecule is CCCCCCCCCCCCCCNC(=O)c1cccc(-c2nc3c(Cl)c(C)[nH]n3n2)c1.